The highest BCUT2D eigenvalue weighted by Crippen LogP contribution is 2.07. The van der Waals surface area contributed by atoms with Crippen molar-refractivity contribution < 1.29 is 18.7 Å². The van der Waals surface area contributed by atoms with Gasteiger partial charge in [0.05, 0.1) is 12.8 Å². The van der Waals surface area contributed by atoms with E-state index < -0.39 is 11.9 Å². The molecule has 0 unspecified atom stereocenters. The second-order valence-electron chi connectivity index (χ2n) is 3.00. The van der Waals surface area contributed by atoms with Crippen molar-refractivity contribution in [3.05, 3.63) is 17.8 Å². The molecule has 0 saturated carbocycles. The molecule has 0 saturated heterocycles. The molecule has 0 radical (unpaired) electrons. The highest BCUT2D eigenvalue weighted by Gasteiger charge is 2.20. The van der Waals surface area contributed by atoms with E-state index in [0.717, 1.165) is 0 Å². The van der Waals surface area contributed by atoms with E-state index in [1.54, 1.807) is 6.92 Å². The first-order chi connectivity index (χ1) is 7.06. The third kappa shape index (κ3) is 2.55. The fourth-order valence-electron chi connectivity index (χ4n) is 1.01. The standard InChI is InChI=1S/C9H12N2O4/c1-6-8(15-5-10-6)9(13)11(2)4-7(12)14-3/h5H,4H2,1-3H3. The van der Waals surface area contributed by atoms with Crippen molar-refractivity contribution in [2.75, 3.05) is 20.7 Å². The molecule has 1 amide bonds. The average Bonchev–Trinajstić information content (AvgIpc) is 2.63. The maximum absolute atomic E-state index is 11.7. The molecule has 0 atom stereocenters. The number of carbonyl (C=O) groups is 2. The van der Waals surface area contributed by atoms with Crippen molar-refractivity contribution in [2.45, 2.75) is 6.92 Å². The van der Waals surface area contributed by atoms with Gasteiger partial charge in [0.2, 0.25) is 5.76 Å². The molecular formula is C9H12N2O4. The Bertz CT molecular complexity index is 372. The summed E-state index contributed by atoms with van der Waals surface area (Å²) in [5.74, 6) is -0.736. The van der Waals surface area contributed by atoms with Gasteiger partial charge in [-0.2, -0.15) is 0 Å². The van der Waals surface area contributed by atoms with Crippen molar-refractivity contribution in [1.29, 1.82) is 0 Å². The SMILES string of the molecule is COC(=O)CN(C)C(=O)c1ocnc1C. The predicted octanol–water partition coefficient (Wildman–Crippen LogP) is 0.228. The summed E-state index contributed by atoms with van der Waals surface area (Å²) in [6, 6.07) is 0. The van der Waals surface area contributed by atoms with Crippen LogP contribution >= 0.6 is 0 Å². The number of amides is 1. The fraction of sp³-hybridized carbons (Fsp3) is 0.444. The van der Waals surface area contributed by atoms with Gasteiger partial charge in [0, 0.05) is 7.05 Å². The Kier molecular flexibility index (Phi) is 3.43. The largest absolute Gasteiger partial charge is 0.468 e. The van der Waals surface area contributed by atoms with Crippen LogP contribution in [-0.4, -0.2) is 42.5 Å². The van der Waals surface area contributed by atoms with Crippen LogP contribution in [0, 0.1) is 6.92 Å². The van der Waals surface area contributed by atoms with Gasteiger partial charge in [0.1, 0.15) is 6.54 Å². The first kappa shape index (κ1) is 11.2. The average molecular weight is 212 g/mol. The van der Waals surface area contributed by atoms with Gasteiger partial charge in [-0.05, 0) is 6.92 Å². The molecule has 0 spiro atoms. The number of rotatable bonds is 3. The summed E-state index contributed by atoms with van der Waals surface area (Å²) in [4.78, 5) is 27.6. The lowest BCUT2D eigenvalue weighted by Crippen LogP contribution is -2.32. The van der Waals surface area contributed by atoms with E-state index in [0.29, 0.717) is 5.69 Å². The topological polar surface area (TPSA) is 72.6 Å². The van der Waals surface area contributed by atoms with E-state index in [-0.39, 0.29) is 12.3 Å². The van der Waals surface area contributed by atoms with E-state index >= 15 is 0 Å². The van der Waals surface area contributed by atoms with Crippen molar-refractivity contribution in [3.8, 4) is 0 Å². The Hall–Kier alpha value is -1.85. The highest BCUT2D eigenvalue weighted by atomic mass is 16.5. The third-order valence-corrected chi connectivity index (χ3v) is 1.88. The van der Waals surface area contributed by atoms with Crippen molar-refractivity contribution in [3.63, 3.8) is 0 Å². The number of methoxy groups -OCH3 is 1. The second-order valence-corrected chi connectivity index (χ2v) is 3.00. The summed E-state index contributed by atoms with van der Waals surface area (Å²) in [5, 5.41) is 0. The first-order valence-corrected chi connectivity index (χ1v) is 4.28. The molecule has 0 fully saturated rings. The summed E-state index contributed by atoms with van der Waals surface area (Å²) in [6.07, 6.45) is 1.19. The number of likely N-dealkylation sites (N-methyl/N-ethyl adjacent to an activating group) is 1. The third-order valence-electron chi connectivity index (χ3n) is 1.88. The number of oxazole rings is 1. The predicted molar refractivity (Wildman–Crippen MR) is 50.2 cm³/mol. The van der Waals surface area contributed by atoms with Crippen LogP contribution in [0.2, 0.25) is 0 Å². The molecule has 1 aromatic rings. The molecule has 0 bridgehead atoms. The summed E-state index contributed by atoms with van der Waals surface area (Å²) < 4.78 is 9.35. The zero-order chi connectivity index (χ0) is 11.4. The summed E-state index contributed by atoms with van der Waals surface area (Å²) in [6.45, 7) is 1.54. The molecule has 6 heteroatoms. The van der Waals surface area contributed by atoms with E-state index in [9.17, 15) is 9.59 Å². The van der Waals surface area contributed by atoms with Crippen LogP contribution in [0.4, 0.5) is 0 Å². The molecule has 15 heavy (non-hydrogen) atoms. The second kappa shape index (κ2) is 4.59. The molecule has 1 rings (SSSR count). The van der Waals surface area contributed by atoms with Crippen LogP contribution in [-0.2, 0) is 9.53 Å². The Morgan fingerprint density at radius 1 is 1.60 bits per heavy atom. The van der Waals surface area contributed by atoms with Gasteiger partial charge >= 0.3 is 5.97 Å². The molecule has 0 aliphatic rings. The number of hydrogen-bond donors (Lipinski definition) is 0. The van der Waals surface area contributed by atoms with Crippen molar-refractivity contribution in [2.24, 2.45) is 0 Å². The molecule has 0 N–H and O–H groups in total. The van der Waals surface area contributed by atoms with E-state index in [1.807, 2.05) is 0 Å². The first-order valence-electron chi connectivity index (χ1n) is 4.28. The van der Waals surface area contributed by atoms with E-state index in [4.69, 9.17) is 4.42 Å². The number of aryl methyl sites for hydroxylation is 1. The van der Waals surface area contributed by atoms with Crippen LogP contribution in [0.3, 0.4) is 0 Å². The molecular weight excluding hydrogens is 200 g/mol. The normalized spacial score (nSPS) is 9.80. The Morgan fingerprint density at radius 3 is 2.73 bits per heavy atom. The molecule has 0 aliphatic carbocycles. The van der Waals surface area contributed by atoms with Gasteiger partial charge < -0.3 is 14.1 Å². The van der Waals surface area contributed by atoms with Crippen LogP contribution in [0.15, 0.2) is 10.8 Å². The van der Waals surface area contributed by atoms with Crippen molar-refractivity contribution in [1.82, 2.24) is 9.88 Å². The monoisotopic (exact) mass is 212 g/mol. The number of hydrogen-bond acceptors (Lipinski definition) is 5. The van der Waals surface area contributed by atoms with Crippen molar-refractivity contribution >= 4 is 11.9 Å². The van der Waals surface area contributed by atoms with Crippen LogP contribution in [0.5, 0.6) is 0 Å². The lowest BCUT2D eigenvalue weighted by molar-refractivity contribution is -0.141. The summed E-state index contributed by atoms with van der Waals surface area (Å²) in [7, 11) is 2.75. The van der Waals surface area contributed by atoms with E-state index in [1.165, 1.54) is 25.5 Å². The summed E-state index contributed by atoms with van der Waals surface area (Å²) in [5.41, 5.74) is 0.497. The van der Waals surface area contributed by atoms with Crippen LogP contribution in [0.1, 0.15) is 16.2 Å². The maximum atomic E-state index is 11.7. The zero-order valence-electron chi connectivity index (χ0n) is 8.81. The minimum atomic E-state index is -0.483. The maximum Gasteiger partial charge on any atom is 0.325 e. The molecule has 82 valence electrons. The quantitative estimate of drug-likeness (QED) is 0.670. The smallest absolute Gasteiger partial charge is 0.325 e. The Balaban J connectivity index is 2.69. The molecule has 0 aliphatic heterocycles. The number of ether oxygens (including phenoxy) is 1. The molecule has 0 aromatic carbocycles. The van der Waals surface area contributed by atoms with Gasteiger partial charge in [-0.3, -0.25) is 9.59 Å². The summed E-state index contributed by atoms with van der Waals surface area (Å²) >= 11 is 0. The fourth-order valence-corrected chi connectivity index (χ4v) is 1.01. The lowest BCUT2D eigenvalue weighted by Gasteiger charge is -2.13. The number of aromatic nitrogens is 1. The molecule has 1 aromatic heterocycles. The van der Waals surface area contributed by atoms with Gasteiger partial charge in [-0.15, -0.1) is 0 Å². The number of esters is 1. The minimum Gasteiger partial charge on any atom is -0.468 e. The minimum absolute atomic E-state index is 0.116. The van der Waals surface area contributed by atoms with E-state index in [2.05, 4.69) is 9.72 Å². The Labute approximate surface area is 86.8 Å². The number of carbonyl (C=O) groups excluding carboxylic acids is 2. The lowest BCUT2D eigenvalue weighted by atomic mass is 10.3. The van der Waals surface area contributed by atoms with Crippen LogP contribution < -0.4 is 0 Å². The number of nitrogens with zero attached hydrogens (tertiary/aromatic N) is 2. The Morgan fingerprint density at radius 2 is 2.27 bits per heavy atom. The van der Waals surface area contributed by atoms with Gasteiger partial charge in [-0.1, -0.05) is 0 Å². The zero-order valence-corrected chi connectivity index (χ0v) is 8.81. The highest BCUT2D eigenvalue weighted by molar-refractivity contribution is 5.94. The molecule has 6 nitrogen and oxygen atoms in total. The van der Waals surface area contributed by atoms with Gasteiger partial charge in [0.15, 0.2) is 6.39 Å². The van der Waals surface area contributed by atoms with Gasteiger partial charge in [0.25, 0.3) is 5.91 Å². The van der Waals surface area contributed by atoms with Crippen LogP contribution in [0.25, 0.3) is 0 Å². The van der Waals surface area contributed by atoms with Gasteiger partial charge in [-0.25, -0.2) is 4.98 Å². The molecule has 1 heterocycles.